The molecule has 1 heterocycles. The van der Waals surface area contributed by atoms with Crippen LogP contribution in [0.25, 0.3) is 11.0 Å². The molecule has 28 heavy (non-hydrogen) atoms. The summed E-state index contributed by atoms with van der Waals surface area (Å²) < 4.78 is 70.5. The van der Waals surface area contributed by atoms with Crippen molar-refractivity contribution in [3.05, 3.63) is 23.8 Å². The molecular weight excluding hydrogens is 395 g/mol. The van der Waals surface area contributed by atoms with Gasteiger partial charge in [-0.05, 0) is 63.6 Å². The van der Waals surface area contributed by atoms with Crippen molar-refractivity contribution in [2.75, 3.05) is 6.54 Å². The van der Waals surface area contributed by atoms with E-state index in [-0.39, 0.29) is 23.5 Å². The number of sulfonamides is 1. The summed E-state index contributed by atoms with van der Waals surface area (Å²) in [6.07, 6.45) is -1.42. The maximum Gasteiger partial charge on any atom is 0.416 e. The average molecular weight is 419 g/mol. The standard InChI is InChI=1S/C18H24F3N3O3S/c1-11(2)28(25,26)22-10-12-3-6-14(7-4-12)27-17-23-15-8-5-13(18(19,20)21)9-16(15)24-17/h5,8-9,11-12,14,22H,3-4,6-7,10H2,1-2H3,(H,23,24). The van der Waals surface area contributed by atoms with Crippen LogP contribution in [0.2, 0.25) is 0 Å². The second-order valence-corrected chi connectivity index (χ2v) is 9.80. The van der Waals surface area contributed by atoms with E-state index < -0.39 is 27.0 Å². The smallest absolute Gasteiger partial charge is 0.416 e. The number of alkyl halides is 3. The molecule has 156 valence electrons. The molecule has 0 spiro atoms. The van der Waals surface area contributed by atoms with Crippen LogP contribution in [0.5, 0.6) is 6.01 Å². The molecule has 0 amide bonds. The lowest BCUT2D eigenvalue weighted by Crippen LogP contribution is -2.36. The van der Waals surface area contributed by atoms with Crippen LogP contribution in [0, 0.1) is 5.92 Å². The van der Waals surface area contributed by atoms with E-state index in [9.17, 15) is 21.6 Å². The van der Waals surface area contributed by atoms with Crippen LogP contribution in [0.3, 0.4) is 0 Å². The van der Waals surface area contributed by atoms with E-state index in [0.717, 1.165) is 37.8 Å². The maximum absolute atomic E-state index is 12.8. The number of nitrogens with zero attached hydrogens (tertiary/aromatic N) is 1. The highest BCUT2D eigenvalue weighted by Crippen LogP contribution is 2.32. The third-order valence-electron chi connectivity index (χ3n) is 5.05. The van der Waals surface area contributed by atoms with E-state index in [2.05, 4.69) is 14.7 Å². The zero-order chi connectivity index (χ0) is 20.5. The van der Waals surface area contributed by atoms with Gasteiger partial charge >= 0.3 is 6.18 Å². The van der Waals surface area contributed by atoms with Gasteiger partial charge in [0.1, 0.15) is 6.10 Å². The van der Waals surface area contributed by atoms with Gasteiger partial charge in [0.15, 0.2) is 0 Å². The Balaban J connectivity index is 1.55. The average Bonchev–Trinajstić information content (AvgIpc) is 3.01. The molecule has 1 aromatic heterocycles. The zero-order valence-corrected chi connectivity index (χ0v) is 16.5. The molecule has 1 aliphatic rings. The van der Waals surface area contributed by atoms with Crippen molar-refractivity contribution in [3.8, 4) is 6.01 Å². The summed E-state index contributed by atoms with van der Waals surface area (Å²) in [4.78, 5) is 7.00. The van der Waals surface area contributed by atoms with E-state index in [1.165, 1.54) is 6.07 Å². The van der Waals surface area contributed by atoms with E-state index in [0.29, 0.717) is 12.1 Å². The van der Waals surface area contributed by atoms with Gasteiger partial charge < -0.3 is 9.72 Å². The molecule has 2 aromatic rings. The molecule has 3 rings (SSSR count). The van der Waals surface area contributed by atoms with E-state index in [1.807, 2.05) is 0 Å². The van der Waals surface area contributed by atoms with Crippen LogP contribution in [-0.2, 0) is 16.2 Å². The van der Waals surface area contributed by atoms with Gasteiger partial charge in [-0.2, -0.15) is 18.2 Å². The molecule has 0 aliphatic heterocycles. The minimum Gasteiger partial charge on any atom is -0.461 e. The van der Waals surface area contributed by atoms with E-state index in [1.54, 1.807) is 13.8 Å². The fourth-order valence-electron chi connectivity index (χ4n) is 3.23. The quantitative estimate of drug-likeness (QED) is 0.745. The largest absolute Gasteiger partial charge is 0.461 e. The first-order valence-corrected chi connectivity index (χ1v) is 10.8. The Labute approximate surface area is 161 Å². The predicted molar refractivity (Wildman–Crippen MR) is 99.5 cm³/mol. The van der Waals surface area contributed by atoms with Crippen molar-refractivity contribution in [2.24, 2.45) is 5.92 Å². The zero-order valence-electron chi connectivity index (χ0n) is 15.7. The molecule has 1 aromatic carbocycles. The Morgan fingerprint density at radius 2 is 1.93 bits per heavy atom. The molecule has 6 nitrogen and oxygen atoms in total. The van der Waals surface area contributed by atoms with Crippen LogP contribution in [0.1, 0.15) is 45.1 Å². The van der Waals surface area contributed by atoms with Crippen molar-refractivity contribution in [3.63, 3.8) is 0 Å². The van der Waals surface area contributed by atoms with Crippen LogP contribution in [0.15, 0.2) is 18.2 Å². The van der Waals surface area contributed by atoms with Crippen molar-refractivity contribution in [1.82, 2.24) is 14.7 Å². The number of aromatic nitrogens is 2. The third kappa shape index (κ3) is 4.96. The van der Waals surface area contributed by atoms with Crippen molar-refractivity contribution >= 4 is 21.1 Å². The highest BCUT2D eigenvalue weighted by atomic mass is 32.2. The number of hydrogen-bond acceptors (Lipinski definition) is 4. The summed E-state index contributed by atoms with van der Waals surface area (Å²) in [6, 6.07) is 3.54. The number of rotatable bonds is 6. The fourth-order valence-corrected chi connectivity index (χ4v) is 4.03. The Bertz CT molecular complexity index is 917. The van der Waals surface area contributed by atoms with Crippen molar-refractivity contribution in [2.45, 2.75) is 57.1 Å². The van der Waals surface area contributed by atoms with Gasteiger partial charge in [0, 0.05) is 6.54 Å². The molecule has 0 unspecified atom stereocenters. The second-order valence-electron chi connectivity index (χ2n) is 7.47. The molecule has 1 aliphatic carbocycles. The third-order valence-corrected chi connectivity index (χ3v) is 6.86. The van der Waals surface area contributed by atoms with Gasteiger partial charge in [0.25, 0.3) is 6.01 Å². The topological polar surface area (TPSA) is 84.1 Å². The monoisotopic (exact) mass is 419 g/mol. The number of imidazole rings is 1. The Morgan fingerprint density at radius 1 is 1.25 bits per heavy atom. The number of ether oxygens (including phenoxy) is 1. The van der Waals surface area contributed by atoms with Crippen molar-refractivity contribution in [1.29, 1.82) is 0 Å². The van der Waals surface area contributed by atoms with Gasteiger partial charge in [-0.25, -0.2) is 13.1 Å². The lowest BCUT2D eigenvalue weighted by atomic mass is 9.87. The Kier molecular flexibility index (Phi) is 5.90. The van der Waals surface area contributed by atoms with Gasteiger partial charge in [-0.1, -0.05) is 0 Å². The minimum absolute atomic E-state index is 0.0967. The number of nitrogens with one attached hydrogen (secondary N) is 2. The number of benzene rings is 1. The fraction of sp³-hybridized carbons (Fsp3) is 0.611. The lowest BCUT2D eigenvalue weighted by Gasteiger charge is -2.28. The van der Waals surface area contributed by atoms with E-state index >= 15 is 0 Å². The normalized spacial score (nSPS) is 21.4. The lowest BCUT2D eigenvalue weighted by molar-refractivity contribution is -0.137. The minimum atomic E-state index is -4.41. The molecule has 1 saturated carbocycles. The molecule has 1 fully saturated rings. The Hall–Kier alpha value is -1.81. The van der Waals surface area contributed by atoms with Gasteiger partial charge in [0.05, 0.1) is 21.8 Å². The first-order chi connectivity index (χ1) is 13.0. The van der Waals surface area contributed by atoms with Gasteiger partial charge in [-0.3, -0.25) is 0 Å². The highest BCUT2D eigenvalue weighted by molar-refractivity contribution is 7.90. The second kappa shape index (κ2) is 7.90. The number of fused-ring (bicyclic) bond motifs is 1. The van der Waals surface area contributed by atoms with Gasteiger partial charge in [0.2, 0.25) is 10.0 Å². The van der Waals surface area contributed by atoms with Gasteiger partial charge in [-0.15, -0.1) is 0 Å². The van der Waals surface area contributed by atoms with Crippen LogP contribution in [0.4, 0.5) is 13.2 Å². The maximum atomic E-state index is 12.8. The molecule has 10 heteroatoms. The Morgan fingerprint density at radius 3 is 2.54 bits per heavy atom. The molecule has 0 saturated heterocycles. The summed E-state index contributed by atoms with van der Waals surface area (Å²) in [6.45, 7) is 3.69. The molecule has 0 bridgehead atoms. The summed E-state index contributed by atoms with van der Waals surface area (Å²) in [7, 11) is -3.26. The van der Waals surface area contributed by atoms with E-state index in [4.69, 9.17) is 4.74 Å². The van der Waals surface area contributed by atoms with Crippen LogP contribution in [-0.4, -0.2) is 36.3 Å². The predicted octanol–water partition coefficient (Wildman–Crippen LogP) is 3.85. The highest BCUT2D eigenvalue weighted by Gasteiger charge is 2.31. The first-order valence-electron chi connectivity index (χ1n) is 9.26. The molecule has 2 N–H and O–H groups in total. The summed E-state index contributed by atoms with van der Waals surface area (Å²) in [5, 5.41) is -0.460. The number of hydrogen-bond donors (Lipinski definition) is 2. The molecule has 0 atom stereocenters. The summed E-state index contributed by atoms with van der Waals surface area (Å²) in [5.41, 5.74) is -0.0408. The SMILES string of the molecule is CC(C)S(=O)(=O)NCC1CCC(Oc2nc3ccc(C(F)(F)F)cc3[nH]2)CC1. The first kappa shape index (κ1) is 20.9. The van der Waals surface area contributed by atoms with Crippen LogP contribution < -0.4 is 9.46 Å². The number of H-pyrrole nitrogens is 1. The van der Waals surface area contributed by atoms with Crippen molar-refractivity contribution < 1.29 is 26.3 Å². The molecular formula is C18H24F3N3O3S. The summed E-state index contributed by atoms with van der Waals surface area (Å²) in [5.74, 6) is 0.249. The summed E-state index contributed by atoms with van der Waals surface area (Å²) >= 11 is 0. The molecule has 0 radical (unpaired) electrons. The van der Waals surface area contributed by atoms with Crippen LogP contribution >= 0.6 is 0 Å². The number of aromatic amines is 1. The number of halogens is 3.